The number of piperidine rings is 1. The van der Waals surface area contributed by atoms with Crippen LogP contribution in [-0.2, 0) is 6.54 Å². The second kappa shape index (κ2) is 7.45. The average Bonchev–Trinajstić information content (AvgIpc) is 2.61. The van der Waals surface area contributed by atoms with Gasteiger partial charge in [-0.25, -0.2) is 9.18 Å². The first-order valence-electron chi connectivity index (χ1n) is 8.25. The number of nitrogens with one attached hydrogen (secondary N) is 1. The Labute approximate surface area is 141 Å². The maximum atomic E-state index is 13.0. The minimum Gasteiger partial charge on any atom is -0.334 e. The minimum atomic E-state index is -0.239. The van der Waals surface area contributed by atoms with Crippen molar-refractivity contribution in [3.63, 3.8) is 0 Å². The van der Waals surface area contributed by atoms with E-state index in [0.29, 0.717) is 6.54 Å². The van der Waals surface area contributed by atoms with Gasteiger partial charge in [0.05, 0.1) is 0 Å². The van der Waals surface area contributed by atoms with Gasteiger partial charge in [-0.3, -0.25) is 0 Å². The van der Waals surface area contributed by atoms with Gasteiger partial charge in [-0.1, -0.05) is 36.4 Å². The van der Waals surface area contributed by atoms with Gasteiger partial charge in [-0.05, 0) is 41.7 Å². The molecule has 3 N–H and O–H groups in total. The molecule has 0 aliphatic carbocycles. The molecule has 2 aromatic rings. The fourth-order valence-electron chi connectivity index (χ4n) is 2.85. The van der Waals surface area contributed by atoms with E-state index in [1.807, 2.05) is 29.2 Å². The number of nitrogens with zero attached hydrogens (tertiary/aromatic N) is 1. The van der Waals surface area contributed by atoms with E-state index in [1.54, 1.807) is 12.1 Å². The Balaban J connectivity index is 1.54. The molecule has 3 rings (SSSR count). The summed E-state index contributed by atoms with van der Waals surface area (Å²) in [6.07, 6.45) is 1.72. The van der Waals surface area contributed by atoms with E-state index in [9.17, 15) is 9.18 Å². The second-order valence-electron chi connectivity index (χ2n) is 6.19. The van der Waals surface area contributed by atoms with Crippen LogP contribution >= 0.6 is 0 Å². The number of carbonyl (C=O) groups is 1. The smallest absolute Gasteiger partial charge is 0.317 e. The predicted octanol–water partition coefficient (Wildman–Crippen LogP) is 3.13. The Morgan fingerprint density at radius 3 is 2.17 bits per heavy atom. The van der Waals surface area contributed by atoms with Gasteiger partial charge in [-0.15, -0.1) is 0 Å². The SMILES string of the molecule is NC1CCN(C(=O)NCc2ccc(-c3ccc(F)cc3)cc2)CC1. The van der Waals surface area contributed by atoms with Gasteiger partial charge in [0.1, 0.15) is 5.82 Å². The van der Waals surface area contributed by atoms with Gasteiger partial charge in [0, 0.05) is 25.7 Å². The highest BCUT2D eigenvalue weighted by atomic mass is 19.1. The average molecular weight is 327 g/mol. The summed E-state index contributed by atoms with van der Waals surface area (Å²) in [6, 6.07) is 14.5. The molecule has 1 saturated heterocycles. The van der Waals surface area contributed by atoms with Crippen molar-refractivity contribution in [2.75, 3.05) is 13.1 Å². The molecule has 4 nitrogen and oxygen atoms in total. The van der Waals surface area contributed by atoms with Gasteiger partial charge >= 0.3 is 6.03 Å². The molecular weight excluding hydrogens is 305 g/mol. The molecule has 126 valence electrons. The topological polar surface area (TPSA) is 58.4 Å². The van der Waals surface area contributed by atoms with Crippen molar-refractivity contribution in [2.24, 2.45) is 5.73 Å². The first-order valence-corrected chi connectivity index (χ1v) is 8.25. The number of benzene rings is 2. The van der Waals surface area contributed by atoms with Crippen molar-refractivity contribution in [3.05, 3.63) is 59.9 Å². The summed E-state index contributed by atoms with van der Waals surface area (Å²) in [5, 5.41) is 2.95. The van der Waals surface area contributed by atoms with Crippen LogP contribution in [0, 0.1) is 5.82 Å². The number of urea groups is 1. The lowest BCUT2D eigenvalue weighted by molar-refractivity contribution is 0.181. The number of nitrogens with two attached hydrogens (primary N) is 1. The summed E-state index contributed by atoms with van der Waals surface area (Å²) < 4.78 is 13.0. The molecule has 0 bridgehead atoms. The molecule has 0 atom stereocenters. The molecule has 0 saturated carbocycles. The summed E-state index contributed by atoms with van der Waals surface area (Å²) in [7, 11) is 0. The predicted molar refractivity (Wildman–Crippen MR) is 92.9 cm³/mol. The van der Waals surface area contributed by atoms with Crippen molar-refractivity contribution < 1.29 is 9.18 Å². The number of rotatable bonds is 3. The van der Waals surface area contributed by atoms with Crippen LogP contribution in [0.1, 0.15) is 18.4 Å². The van der Waals surface area contributed by atoms with Gasteiger partial charge in [-0.2, -0.15) is 0 Å². The second-order valence-corrected chi connectivity index (χ2v) is 6.19. The van der Waals surface area contributed by atoms with Crippen LogP contribution in [0.5, 0.6) is 0 Å². The third-order valence-electron chi connectivity index (χ3n) is 4.40. The molecule has 2 aromatic carbocycles. The van der Waals surface area contributed by atoms with Gasteiger partial charge in [0.25, 0.3) is 0 Å². The van der Waals surface area contributed by atoms with E-state index in [0.717, 1.165) is 42.6 Å². The Kier molecular flexibility index (Phi) is 5.11. The Morgan fingerprint density at radius 1 is 1.04 bits per heavy atom. The number of amides is 2. The summed E-state index contributed by atoms with van der Waals surface area (Å²) in [4.78, 5) is 14.0. The third-order valence-corrected chi connectivity index (χ3v) is 4.40. The van der Waals surface area contributed by atoms with Crippen LogP contribution in [-0.4, -0.2) is 30.1 Å². The third kappa shape index (κ3) is 4.11. The monoisotopic (exact) mass is 327 g/mol. The van der Waals surface area contributed by atoms with Crippen LogP contribution in [0.25, 0.3) is 11.1 Å². The van der Waals surface area contributed by atoms with E-state index in [1.165, 1.54) is 12.1 Å². The summed E-state index contributed by atoms with van der Waals surface area (Å²) in [6.45, 7) is 1.93. The van der Waals surface area contributed by atoms with Crippen molar-refractivity contribution in [1.29, 1.82) is 0 Å². The highest BCUT2D eigenvalue weighted by Crippen LogP contribution is 2.20. The van der Waals surface area contributed by atoms with E-state index in [-0.39, 0.29) is 17.9 Å². The maximum Gasteiger partial charge on any atom is 0.317 e. The fraction of sp³-hybridized carbons (Fsp3) is 0.316. The van der Waals surface area contributed by atoms with Crippen molar-refractivity contribution in [1.82, 2.24) is 10.2 Å². The number of hydrogen-bond acceptors (Lipinski definition) is 2. The molecule has 1 aliphatic rings. The molecule has 1 aliphatic heterocycles. The summed E-state index contributed by atoms with van der Waals surface area (Å²) in [5.74, 6) is -0.239. The van der Waals surface area contributed by atoms with Gasteiger partial charge < -0.3 is 16.0 Å². The Morgan fingerprint density at radius 2 is 1.58 bits per heavy atom. The molecular formula is C19H22FN3O. The van der Waals surface area contributed by atoms with Crippen molar-refractivity contribution in [3.8, 4) is 11.1 Å². The first-order chi connectivity index (χ1) is 11.6. The first kappa shape index (κ1) is 16.5. The van der Waals surface area contributed by atoms with E-state index in [4.69, 9.17) is 5.73 Å². The zero-order chi connectivity index (χ0) is 16.9. The summed E-state index contributed by atoms with van der Waals surface area (Å²) >= 11 is 0. The molecule has 1 fully saturated rings. The standard InChI is InChI=1S/C19H22FN3O/c20-17-7-5-16(6-8-17)15-3-1-14(2-4-15)13-22-19(24)23-11-9-18(21)10-12-23/h1-8,18H,9-13,21H2,(H,22,24). The zero-order valence-corrected chi connectivity index (χ0v) is 13.5. The van der Waals surface area contributed by atoms with Gasteiger partial charge in [0.2, 0.25) is 0 Å². The zero-order valence-electron chi connectivity index (χ0n) is 13.5. The van der Waals surface area contributed by atoms with E-state index in [2.05, 4.69) is 5.32 Å². The molecule has 0 spiro atoms. The molecule has 0 unspecified atom stereocenters. The summed E-state index contributed by atoms with van der Waals surface area (Å²) in [5.41, 5.74) is 8.88. The number of carbonyl (C=O) groups excluding carboxylic acids is 1. The lowest BCUT2D eigenvalue weighted by Crippen LogP contribution is -2.46. The molecule has 0 radical (unpaired) electrons. The van der Waals surface area contributed by atoms with Crippen molar-refractivity contribution in [2.45, 2.75) is 25.4 Å². The quantitative estimate of drug-likeness (QED) is 0.910. The molecule has 24 heavy (non-hydrogen) atoms. The number of likely N-dealkylation sites (tertiary alicyclic amines) is 1. The molecule has 5 heteroatoms. The maximum absolute atomic E-state index is 13.0. The van der Waals surface area contributed by atoms with E-state index >= 15 is 0 Å². The highest BCUT2D eigenvalue weighted by molar-refractivity contribution is 5.74. The van der Waals surface area contributed by atoms with Crippen LogP contribution in [0.3, 0.4) is 0 Å². The molecule has 0 aromatic heterocycles. The number of halogens is 1. The molecule has 1 heterocycles. The molecule has 2 amide bonds. The normalized spacial score (nSPS) is 15.3. The van der Waals surface area contributed by atoms with Gasteiger partial charge in [0.15, 0.2) is 0 Å². The lowest BCUT2D eigenvalue weighted by atomic mass is 10.0. The Hall–Kier alpha value is -2.40. The number of hydrogen-bond donors (Lipinski definition) is 2. The van der Waals surface area contributed by atoms with Crippen molar-refractivity contribution >= 4 is 6.03 Å². The van der Waals surface area contributed by atoms with Crippen LogP contribution in [0.4, 0.5) is 9.18 Å². The highest BCUT2D eigenvalue weighted by Gasteiger charge is 2.19. The van der Waals surface area contributed by atoms with Crippen LogP contribution in [0.15, 0.2) is 48.5 Å². The van der Waals surface area contributed by atoms with Crippen LogP contribution in [0.2, 0.25) is 0 Å². The Bertz CT molecular complexity index is 677. The minimum absolute atomic E-state index is 0.0375. The lowest BCUT2D eigenvalue weighted by Gasteiger charge is -2.30. The fourth-order valence-corrected chi connectivity index (χ4v) is 2.85. The largest absolute Gasteiger partial charge is 0.334 e. The van der Waals surface area contributed by atoms with Crippen LogP contribution < -0.4 is 11.1 Å². The van der Waals surface area contributed by atoms with E-state index < -0.39 is 0 Å².